The molecule has 2 aliphatic rings. The monoisotopic (exact) mass is 279 g/mol. The summed E-state index contributed by atoms with van der Waals surface area (Å²) in [5.74, 6) is 1.34. The maximum Gasteiger partial charge on any atom is 0.321 e. The second kappa shape index (κ2) is 5.39. The Labute approximate surface area is 118 Å². The van der Waals surface area contributed by atoms with E-state index in [1.54, 1.807) is 6.07 Å². The molecular weight excluding hydrogens is 262 g/mol. The van der Waals surface area contributed by atoms with E-state index in [1.807, 2.05) is 23.1 Å². The van der Waals surface area contributed by atoms with E-state index in [-0.39, 0.29) is 6.03 Å². The summed E-state index contributed by atoms with van der Waals surface area (Å²) in [5, 5.41) is 6.87. The Hall–Kier alpha value is -1.26. The first-order chi connectivity index (χ1) is 9.24. The maximum absolute atomic E-state index is 12.2. The lowest BCUT2D eigenvalue weighted by Crippen LogP contribution is -2.45. The SMILES string of the molecule is O=C(Nc1ccccc1Cl)N1CCC2CNCC2C1. The second-order valence-corrected chi connectivity index (χ2v) is 5.73. The maximum atomic E-state index is 12.2. The Bertz CT molecular complexity index is 480. The van der Waals surface area contributed by atoms with Crippen LogP contribution in [0.2, 0.25) is 5.02 Å². The molecule has 2 unspecified atom stereocenters. The van der Waals surface area contributed by atoms with Crippen molar-refractivity contribution in [2.45, 2.75) is 6.42 Å². The fourth-order valence-electron chi connectivity index (χ4n) is 2.98. The van der Waals surface area contributed by atoms with Crippen LogP contribution in [0.25, 0.3) is 0 Å². The van der Waals surface area contributed by atoms with Crippen LogP contribution in [0, 0.1) is 11.8 Å². The molecule has 0 radical (unpaired) electrons. The van der Waals surface area contributed by atoms with E-state index in [1.165, 1.54) is 0 Å². The van der Waals surface area contributed by atoms with Crippen molar-refractivity contribution in [3.8, 4) is 0 Å². The topological polar surface area (TPSA) is 44.4 Å². The summed E-state index contributed by atoms with van der Waals surface area (Å²) in [7, 11) is 0. The van der Waals surface area contributed by atoms with Crippen LogP contribution in [0.1, 0.15) is 6.42 Å². The van der Waals surface area contributed by atoms with Gasteiger partial charge in [0.05, 0.1) is 10.7 Å². The predicted octanol–water partition coefficient (Wildman–Crippen LogP) is 2.41. The molecule has 0 aromatic heterocycles. The van der Waals surface area contributed by atoms with Gasteiger partial charge in [-0.3, -0.25) is 0 Å². The standard InChI is InChI=1S/C14H18ClN3O/c15-12-3-1-2-4-13(12)17-14(19)18-6-5-10-7-16-8-11(10)9-18/h1-4,10-11,16H,5-9H2,(H,17,19). The zero-order valence-corrected chi connectivity index (χ0v) is 11.5. The molecule has 2 atom stereocenters. The summed E-state index contributed by atoms with van der Waals surface area (Å²) in [6.07, 6.45) is 1.09. The number of hydrogen-bond acceptors (Lipinski definition) is 2. The minimum absolute atomic E-state index is 0.0431. The van der Waals surface area contributed by atoms with Crippen molar-refractivity contribution in [2.24, 2.45) is 11.8 Å². The number of halogens is 1. The van der Waals surface area contributed by atoms with Gasteiger partial charge in [-0.15, -0.1) is 0 Å². The van der Waals surface area contributed by atoms with Gasteiger partial charge in [-0.2, -0.15) is 0 Å². The van der Waals surface area contributed by atoms with Crippen LogP contribution in [0.4, 0.5) is 10.5 Å². The van der Waals surface area contributed by atoms with Crippen LogP contribution in [0.5, 0.6) is 0 Å². The fourth-order valence-corrected chi connectivity index (χ4v) is 3.16. The summed E-state index contributed by atoms with van der Waals surface area (Å²) in [6.45, 7) is 3.80. The van der Waals surface area contributed by atoms with Crippen LogP contribution < -0.4 is 10.6 Å². The summed E-state index contributed by atoms with van der Waals surface area (Å²) >= 11 is 6.05. The molecule has 2 aliphatic heterocycles. The average Bonchev–Trinajstić information content (AvgIpc) is 2.88. The molecule has 2 heterocycles. The molecule has 3 rings (SSSR count). The molecule has 0 aliphatic carbocycles. The number of hydrogen-bond donors (Lipinski definition) is 2. The molecule has 102 valence electrons. The number of anilines is 1. The number of rotatable bonds is 1. The van der Waals surface area contributed by atoms with E-state index in [0.717, 1.165) is 38.5 Å². The lowest BCUT2D eigenvalue weighted by atomic mass is 9.89. The van der Waals surface area contributed by atoms with Crippen LogP contribution in [-0.2, 0) is 0 Å². The second-order valence-electron chi connectivity index (χ2n) is 5.32. The van der Waals surface area contributed by atoms with E-state index in [2.05, 4.69) is 10.6 Å². The highest BCUT2D eigenvalue weighted by atomic mass is 35.5. The lowest BCUT2D eigenvalue weighted by molar-refractivity contribution is 0.161. The molecule has 2 fully saturated rings. The third-order valence-corrected chi connectivity index (χ3v) is 4.44. The third-order valence-electron chi connectivity index (χ3n) is 4.11. The molecule has 2 saturated heterocycles. The van der Waals surface area contributed by atoms with Gasteiger partial charge in [0.2, 0.25) is 0 Å². The summed E-state index contributed by atoms with van der Waals surface area (Å²) in [5.41, 5.74) is 0.681. The Morgan fingerprint density at radius 2 is 2.11 bits per heavy atom. The largest absolute Gasteiger partial charge is 0.324 e. The van der Waals surface area contributed by atoms with Crippen LogP contribution in [-0.4, -0.2) is 37.1 Å². The van der Waals surface area contributed by atoms with Gasteiger partial charge in [-0.25, -0.2) is 4.79 Å². The Morgan fingerprint density at radius 3 is 2.95 bits per heavy atom. The number of fused-ring (bicyclic) bond motifs is 1. The normalized spacial score (nSPS) is 26.1. The number of likely N-dealkylation sites (tertiary alicyclic amines) is 1. The number of piperidine rings is 1. The van der Waals surface area contributed by atoms with E-state index in [0.29, 0.717) is 16.6 Å². The molecule has 0 bridgehead atoms. The Kier molecular flexibility index (Phi) is 3.62. The molecule has 0 spiro atoms. The van der Waals surface area contributed by atoms with Crippen molar-refractivity contribution in [1.29, 1.82) is 0 Å². The van der Waals surface area contributed by atoms with E-state index in [9.17, 15) is 4.79 Å². The van der Waals surface area contributed by atoms with Crippen molar-refractivity contribution >= 4 is 23.3 Å². The quantitative estimate of drug-likeness (QED) is 0.829. The molecule has 19 heavy (non-hydrogen) atoms. The Balaban J connectivity index is 1.63. The minimum Gasteiger partial charge on any atom is -0.324 e. The number of urea groups is 1. The van der Waals surface area contributed by atoms with Crippen LogP contribution in [0.3, 0.4) is 0 Å². The zero-order valence-electron chi connectivity index (χ0n) is 10.7. The number of amides is 2. The average molecular weight is 280 g/mol. The smallest absolute Gasteiger partial charge is 0.321 e. The van der Waals surface area contributed by atoms with E-state index in [4.69, 9.17) is 11.6 Å². The first-order valence-electron chi connectivity index (χ1n) is 6.75. The summed E-state index contributed by atoms with van der Waals surface area (Å²) in [4.78, 5) is 14.1. The number of carbonyl (C=O) groups is 1. The van der Waals surface area contributed by atoms with Crippen LogP contribution >= 0.6 is 11.6 Å². The third kappa shape index (κ3) is 2.69. The molecule has 4 nitrogen and oxygen atoms in total. The highest BCUT2D eigenvalue weighted by Gasteiger charge is 2.34. The van der Waals surface area contributed by atoms with Crippen molar-refractivity contribution < 1.29 is 4.79 Å². The van der Waals surface area contributed by atoms with Crippen molar-refractivity contribution in [3.05, 3.63) is 29.3 Å². The van der Waals surface area contributed by atoms with Crippen LogP contribution in [0.15, 0.2) is 24.3 Å². The fraction of sp³-hybridized carbons (Fsp3) is 0.500. The number of nitrogens with one attached hydrogen (secondary N) is 2. The molecule has 2 N–H and O–H groups in total. The van der Waals surface area contributed by atoms with Crippen molar-refractivity contribution in [3.63, 3.8) is 0 Å². The number of benzene rings is 1. The van der Waals surface area contributed by atoms with Gasteiger partial charge in [0, 0.05) is 13.1 Å². The number of nitrogens with zero attached hydrogens (tertiary/aromatic N) is 1. The molecule has 5 heteroatoms. The summed E-state index contributed by atoms with van der Waals surface area (Å²) < 4.78 is 0. The van der Waals surface area contributed by atoms with Crippen molar-refractivity contribution in [2.75, 3.05) is 31.5 Å². The highest BCUT2D eigenvalue weighted by Crippen LogP contribution is 2.27. The summed E-state index contributed by atoms with van der Waals surface area (Å²) in [6, 6.07) is 7.29. The van der Waals surface area contributed by atoms with E-state index >= 15 is 0 Å². The van der Waals surface area contributed by atoms with Crippen molar-refractivity contribution in [1.82, 2.24) is 10.2 Å². The Morgan fingerprint density at radius 1 is 1.32 bits per heavy atom. The lowest BCUT2D eigenvalue weighted by Gasteiger charge is -2.34. The predicted molar refractivity (Wildman–Crippen MR) is 76.5 cm³/mol. The molecule has 0 saturated carbocycles. The number of para-hydroxylation sites is 1. The first kappa shape index (κ1) is 12.8. The van der Waals surface area contributed by atoms with Gasteiger partial charge in [0.1, 0.15) is 0 Å². The van der Waals surface area contributed by atoms with Gasteiger partial charge < -0.3 is 15.5 Å². The van der Waals surface area contributed by atoms with Gasteiger partial charge >= 0.3 is 6.03 Å². The zero-order chi connectivity index (χ0) is 13.2. The van der Waals surface area contributed by atoms with Gasteiger partial charge in [0.25, 0.3) is 0 Å². The highest BCUT2D eigenvalue weighted by molar-refractivity contribution is 6.33. The van der Waals surface area contributed by atoms with E-state index < -0.39 is 0 Å². The van der Waals surface area contributed by atoms with Gasteiger partial charge in [-0.1, -0.05) is 23.7 Å². The molecular formula is C14H18ClN3O. The first-order valence-corrected chi connectivity index (χ1v) is 7.13. The molecule has 1 aromatic rings. The number of carbonyl (C=O) groups excluding carboxylic acids is 1. The molecule has 1 aromatic carbocycles. The van der Waals surface area contributed by atoms with Gasteiger partial charge in [-0.05, 0) is 43.5 Å². The molecule has 2 amide bonds. The minimum atomic E-state index is -0.0431. The van der Waals surface area contributed by atoms with Gasteiger partial charge in [0.15, 0.2) is 0 Å².